The fourth-order valence-corrected chi connectivity index (χ4v) is 1.95. The fourth-order valence-electron chi connectivity index (χ4n) is 1.46. The van der Waals surface area contributed by atoms with Crippen molar-refractivity contribution >= 4 is 29.0 Å². The molecule has 0 unspecified atom stereocenters. The molecule has 2 N–H and O–H groups in total. The number of anilines is 1. The van der Waals surface area contributed by atoms with Crippen molar-refractivity contribution in [1.29, 1.82) is 5.26 Å². The maximum absolute atomic E-state index is 8.63. The first-order valence-corrected chi connectivity index (χ1v) is 5.54. The minimum absolute atomic E-state index is 0.219. The van der Waals surface area contributed by atoms with E-state index in [2.05, 4.69) is 5.10 Å². The summed E-state index contributed by atoms with van der Waals surface area (Å²) in [5.74, 6) is 0.413. The van der Waals surface area contributed by atoms with Gasteiger partial charge in [0.15, 0.2) is 0 Å². The Labute approximate surface area is 108 Å². The summed E-state index contributed by atoms with van der Waals surface area (Å²) in [5.41, 5.74) is 7.20. The number of benzene rings is 1. The van der Waals surface area contributed by atoms with E-state index in [1.54, 1.807) is 24.4 Å². The van der Waals surface area contributed by atoms with Crippen LogP contribution in [0.3, 0.4) is 0 Å². The van der Waals surface area contributed by atoms with E-state index in [0.29, 0.717) is 27.1 Å². The van der Waals surface area contributed by atoms with E-state index in [9.17, 15) is 0 Å². The van der Waals surface area contributed by atoms with Crippen LogP contribution in [-0.4, -0.2) is 9.78 Å². The Morgan fingerprint density at radius 1 is 1.41 bits per heavy atom. The third kappa shape index (κ3) is 2.21. The van der Waals surface area contributed by atoms with Gasteiger partial charge in [-0.15, -0.1) is 0 Å². The van der Waals surface area contributed by atoms with Gasteiger partial charge in [0.2, 0.25) is 0 Å². The lowest BCUT2D eigenvalue weighted by Crippen LogP contribution is -2.03. The first kappa shape index (κ1) is 11.8. The molecule has 1 aromatic heterocycles. The van der Waals surface area contributed by atoms with Crippen molar-refractivity contribution in [2.45, 2.75) is 6.42 Å². The quantitative estimate of drug-likeness (QED) is 0.909. The van der Waals surface area contributed by atoms with Gasteiger partial charge in [0.05, 0.1) is 29.4 Å². The molecule has 0 aliphatic rings. The summed E-state index contributed by atoms with van der Waals surface area (Å²) >= 11 is 11.9. The Hall–Kier alpha value is -1.70. The van der Waals surface area contributed by atoms with E-state index in [4.69, 9.17) is 34.2 Å². The summed E-state index contributed by atoms with van der Waals surface area (Å²) in [7, 11) is 0. The number of halogens is 2. The zero-order chi connectivity index (χ0) is 12.4. The molecule has 0 bridgehead atoms. The van der Waals surface area contributed by atoms with Gasteiger partial charge >= 0.3 is 0 Å². The Morgan fingerprint density at radius 3 is 2.82 bits per heavy atom. The second kappa shape index (κ2) is 4.66. The highest BCUT2D eigenvalue weighted by Gasteiger charge is 2.11. The highest BCUT2D eigenvalue weighted by Crippen LogP contribution is 2.26. The molecule has 6 heteroatoms. The van der Waals surface area contributed by atoms with E-state index in [0.717, 1.165) is 0 Å². The lowest BCUT2D eigenvalue weighted by molar-refractivity contribution is 0.891. The van der Waals surface area contributed by atoms with Crippen molar-refractivity contribution in [2.24, 2.45) is 0 Å². The normalized spacial score (nSPS) is 10.2. The number of aromatic nitrogens is 2. The highest BCUT2D eigenvalue weighted by molar-refractivity contribution is 6.35. The Kier molecular flexibility index (Phi) is 3.23. The molecule has 0 spiro atoms. The van der Waals surface area contributed by atoms with Gasteiger partial charge in [-0.05, 0) is 18.2 Å². The van der Waals surface area contributed by atoms with Gasteiger partial charge in [0, 0.05) is 10.6 Å². The van der Waals surface area contributed by atoms with Gasteiger partial charge in [-0.1, -0.05) is 23.2 Å². The van der Waals surface area contributed by atoms with Crippen LogP contribution in [0.5, 0.6) is 0 Å². The smallest absolute Gasteiger partial charge is 0.131 e. The molecule has 0 aliphatic heterocycles. The van der Waals surface area contributed by atoms with Gasteiger partial charge in [-0.3, -0.25) is 0 Å². The van der Waals surface area contributed by atoms with Crippen molar-refractivity contribution < 1.29 is 0 Å². The third-order valence-electron chi connectivity index (χ3n) is 2.29. The molecule has 86 valence electrons. The Morgan fingerprint density at radius 2 is 2.18 bits per heavy atom. The van der Waals surface area contributed by atoms with Crippen LogP contribution in [0.4, 0.5) is 5.82 Å². The van der Waals surface area contributed by atoms with E-state index in [1.165, 1.54) is 4.68 Å². The molecule has 0 saturated heterocycles. The average Bonchev–Trinajstić information content (AvgIpc) is 2.62. The highest BCUT2D eigenvalue weighted by atomic mass is 35.5. The molecule has 0 atom stereocenters. The zero-order valence-corrected chi connectivity index (χ0v) is 10.2. The zero-order valence-electron chi connectivity index (χ0n) is 8.69. The van der Waals surface area contributed by atoms with Gasteiger partial charge in [0.1, 0.15) is 5.82 Å². The minimum atomic E-state index is 0.219. The maximum Gasteiger partial charge on any atom is 0.131 e. The molecule has 0 radical (unpaired) electrons. The lowest BCUT2D eigenvalue weighted by Gasteiger charge is -2.07. The SMILES string of the molecule is N#CCc1cnn(-c2ccc(Cl)cc2Cl)c1N. The van der Waals surface area contributed by atoms with Gasteiger partial charge < -0.3 is 5.73 Å². The van der Waals surface area contributed by atoms with Crippen LogP contribution in [0.25, 0.3) is 5.69 Å². The molecule has 1 aromatic carbocycles. The molecule has 17 heavy (non-hydrogen) atoms. The van der Waals surface area contributed by atoms with E-state index in [1.807, 2.05) is 6.07 Å². The molecule has 0 aliphatic carbocycles. The summed E-state index contributed by atoms with van der Waals surface area (Å²) in [6.45, 7) is 0. The first-order chi connectivity index (χ1) is 8.13. The molecule has 4 nitrogen and oxygen atoms in total. The number of hydrogen-bond donors (Lipinski definition) is 1. The number of rotatable bonds is 2. The van der Waals surface area contributed by atoms with Crippen molar-refractivity contribution in [2.75, 3.05) is 5.73 Å². The monoisotopic (exact) mass is 266 g/mol. The first-order valence-electron chi connectivity index (χ1n) is 4.78. The molecular formula is C11H8Cl2N4. The number of nitrogen functional groups attached to an aromatic ring is 1. The van der Waals surface area contributed by atoms with E-state index >= 15 is 0 Å². The van der Waals surface area contributed by atoms with Gasteiger partial charge in [-0.2, -0.15) is 10.4 Å². The molecule has 1 heterocycles. The minimum Gasteiger partial charge on any atom is -0.383 e. The van der Waals surface area contributed by atoms with Gasteiger partial charge in [0.25, 0.3) is 0 Å². The van der Waals surface area contributed by atoms with Crippen LogP contribution in [0.1, 0.15) is 5.56 Å². The number of nitriles is 1. The average molecular weight is 267 g/mol. The summed E-state index contributed by atoms with van der Waals surface area (Å²) < 4.78 is 1.49. The Bertz CT molecular complexity index is 598. The second-order valence-corrected chi connectivity index (χ2v) is 4.24. The molecule has 0 saturated carbocycles. The molecule has 2 rings (SSSR count). The van der Waals surface area contributed by atoms with Crippen LogP contribution in [-0.2, 0) is 6.42 Å². The van der Waals surface area contributed by atoms with Crippen molar-refractivity contribution in [3.8, 4) is 11.8 Å². The van der Waals surface area contributed by atoms with Gasteiger partial charge in [-0.25, -0.2) is 4.68 Å². The van der Waals surface area contributed by atoms with Crippen molar-refractivity contribution in [1.82, 2.24) is 9.78 Å². The molecule has 0 amide bonds. The largest absolute Gasteiger partial charge is 0.383 e. The standard InChI is InChI=1S/C11H8Cl2N4/c12-8-1-2-10(9(13)5-8)17-11(15)7(3-4-14)6-16-17/h1-2,5-6H,3,15H2. The predicted octanol–water partition coefficient (Wildman–Crippen LogP) is 2.83. The summed E-state index contributed by atoms with van der Waals surface area (Å²) in [5, 5.41) is 13.7. The fraction of sp³-hybridized carbons (Fsp3) is 0.0909. The van der Waals surface area contributed by atoms with Crippen LogP contribution in [0, 0.1) is 11.3 Å². The summed E-state index contributed by atoms with van der Waals surface area (Å²) in [6.07, 6.45) is 1.78. The molecule has 0 fully saturated rings. The number of hydrogen-bond acceptors (Lipinski definition) is 3. The lowest BCUT2D eigenvalue weighted by atomic mass is 10.2. The van der Waals surface area contributed by atoms with Crippen LogP contribution < -0.4 is 5.73 Å². The molecular weight excluding hydrogens is 259 g/mol. The third-order valence-corrected chi connectivity index (χ3v) is 2.83. The Balaban J connectivity index is 2.50. The topological polar surface area (TPSA) is 67.6 Å². The number of nitrogens with two attached hydrogens (primary N) is 1. The number of nitrogens with zero attached hydrogens (tertiary/aromatic N) is 3. The van der Waals surface area contributed by atoms with Crippen molar-refractivity contribution in [3.05, 3.63) is 40.0 Å². The molecule has 2 aromatic rings. The predicted molar refractivity (Wildman–Crippen MR) is 67.3 cm³/mol. The summed E-state index contributed by atoms with van der Waals surface area (Å²) in [4.78, 5) is 0. The van der Waals surface area contributed by atoms with Crippen molar-refractivity contribution in [3.63, 3.8) is 0 Å². The van der Waals surface area contributed by atoms with Crippen LogP contribution >= 0.6 is 23.2 Å². The van der Waals surface area contributed by atoms with Crippen LogP contribution in [0.2, 0.25) is 10.0 Å². The maximum atomic E-state index is 8.63. The van der Waals surface area contributed by atoms with E-state index in [-0.39, 0.29) is 6.42 Å². The second-order valence-electron chi connectivity index (χ2n) is 3.40. The summed E-state index contributed by atoms with van der Waals surface area (Å²) in [6, 6.07) is 7.07. The van der Waals surface area contributed by atoms with Crippen LogP contribution in [0.15, 0.2) is 24.4 Å². The van der Waals surface area contributed by atoms with E-state index < -0.39 is 0 Å².